The molecule has 0 aliphatic carbocycles. The second-order valence-corrected chi connectivity index (χ2v) is 6.23. The van der Waals surface area contributed by atoms with Gasteiger partial charge in [-0.3, -0.25) is 4.90 Å². The lowest BCUT2D eigenvalue weighted by molar-refractivity contribution is 0.208. The molecule has 1 saturated heterocycles. The summed E-state index contributed by atoms with van der Waals surface area (Å²) in [6, 6.07) is 2.93. The minimum absolute atomic E-state index is 0.251. The zero-order valence-electron chi connectivity index (χ0n) is 12.3. The monoisotopic (exact) mass is 249 g/mol. The van der Waals surface area contributed by atoms with Gasteiger partial charge in [0.25, 0.3) is 0 Å². The molecule has 102 valence electrons. The van der Waals surface area contributed by atoms with Crippen LogP contribution in [0.25, 0.3) is 0 Å². The van der Waals surface area contributed by atoms with Crippen molar-refractivity contribution in [1.29, 1.82) is 5.26 Å². The Kier molecular flexibility index (Phi) is 5.84. The van der Waals surface area contributed by atoms with Crippen molar-refractivity contribution < 1.29 is 0 Å². The summed E-state index contributed by atoms with van der Waals surface area (Å²) in [5, 5.41) is 12.5. The van der Waals surface area contributed by atoms with E-state index in [0.717, 1.165) is 26.2 Å². The van der Waals surface area contributed by atoms with Crippen molar-refractivity contribution in [2.24, 2.45) is 5.41 Å². The fraction of sp³-hybridized carbons (Fsp3) is 0.800. The van der Waals surface area contributed by atoms with Crippen LogP contribution >= 0.6 is 0 Å². The van der Waals surface area contributed by atoms with E-state index in [1.165, 1.54) is 18.4 Å². The molecular formula is C15H27N3. The van der Waals surface area contributed by atoms with Crippen LogP contribution in [0.4, 0.5) is 0 Å². The average Bonchev–Trinajstić information content (AvgIpc) is 2.35. The van der Waals surface area contributed by atoms with Gasteiger partial charge >= 0.3 is 0 Å². The molecule has 1 fully saturated rings. The summed E-state index contributed by atoms with van der Waals surface area (Å²) in [4.78, 5) is 2.50. The van der Waals surface area contributed by atoms with Gasteiger partial charge in [0.05, 0.1) is 11.5 Å². The van der Waals surface area contributed by atoms with E-state index < -0.39 is 0 Å². The summed E-state index contributed by atoms with van der Waals surface area (Å²) in [6.07, 6.45) is 4.68. The van der Waals surface area contributed by atoms with Crippen molar-refractivity contribution in [2.45, 2.75) is 46.6 Å². The zero-order chi connectivity index (χ0) is 13.6. The topological polar surface area (TPSA) is 39.1 Å². The number of likely N-dealkylation sites (tertiary alicyclic amines) is 1. The van der Waals surface area contributed by atoms with Gasteiger partial charge in [0.2, 0.25) is 0 Å². The molecule has 0 aromatic carbocycles. The van der Waals surface area contributed by atoms with Crippen molar-refractivity contribution >= 4 is 0 Å². The molecule has 0 atom stereocenters. The van der Waals surface area contributed by atoms with Crippen LogP contribution in [0.5, 0.6) is 0 Å². The molecule has 1 N–H and O–H groups in total. The summed E-state index contributed by atoms with van der Waals surface area (Å²) >= 11 is 0. The number of hydrogen-bond acceptors (Lipinski definition) is 3. The van der Waals surface area contributed by atoms with E-state index in [1.807, 2.05) is 13.8 Å². The molecule has 1 aliphatic heterocycles. The third-order valence-corrected chi connectivity index (χ3v) is 3.48. The van der Waals surface area contributed by atoms with Crippen molar-refractivity contribution in [3.63, 3.8) is 0 Å². The number of allylic oxidation sites excluding steroid dienone is 1. The highest BCUT2D eigenvalue weighted by molar-refractivity contribution is 4.96. The quantitative estimate of drug-likeness (QED) is 0.761. The van der Waals surface area contributed by atoms with Gasteiger partial charge in [0, 0.05) is 19.1 Å². The van der Waals surface area contributed by atoms with Crippen LogP contribution in [0.2, 0.25) is 0 Å². The van der Waals surface area contributed by atoms with Gasteiger partial charge in [0.15, 0.2) is 0 Å². The lowest BCUT2D eigenvalue weighted by atomic mass is 9.94. The first kappa shape index (κ1) is 15.2. The van der Waals surface area contributed by atoms with Gasteiger partial charge in [-0.15, -0.1) is 0 Å². The molecule has 0 aromatic heterocycles. The van der Waals surface area contributed by atoms with Crippen LogP contribution in [-0.4, -0.2) is 37.1 Å². The van der Waals surface area contributed by atoms with E-state index in [0.29, 0.717) is 6.04 Å². The Morgan fingerprint density at radius 3 is 2.50 bits per heavy atom. The maximum atomic E-state index is 8.98. The molecule has 0 aromatic rings. The van der Waals surface area contributed by atoms with Crippen LogP contribution in [-0.2, 0) is 0 Å². The first-order valence-electron chi connectivity index (χ1n) is 6.93. The molecule has 0 amide bonds. The highest BCUT2D eigenvalue weighted by atomic mass is 15.1. The Bertz CT molecular complexity index is 313. The van der Waals surface area contributed by atoms with Crippen molar-refractivity contribution in [3.8, 4) is 6.07 Å². The van der Waals surface area contributed by atoms with Crippen molar-refractivity contribution in [3.05, 3.63) is 11.6 Å². The molecule has 0 unspecified atom stereocenters. The fourth-order valence-corrected chi connectivity index (χ4v) is 2.07. The lowest BCUT2D eigenvalue weighted by Gasteiger charge is -2.33. The Labute approximate surface area is 112 Å². The fourth-order valence-electron chi connectivity index (χ4n) is 2.07. The van der Waals surface area contributed by atoms with Crippen molar-refractivity contribution in [2.75, 3.05) is 26.2 Å². The van der Waals surface area contributed by atoms with Gasteiger partial charge in [-0.1, -0.05) is 11.6 Å². The van der Waals surface area contributed by atoms with E-state index >= 15 is 0 Å². The minimum atomic E-state index is -0.251. The Morgan fingerprint density at radius 2 is 2.00 bits per heavy atom. The summed E-state index contributed by atoms with van der Waals surface area (Å²) in [7, 11) is 0. The molecule has 18 heavy (non-hydrogen) atoms. The largest absolute Gasteiger partial charge is 0.312 e. The molecule has 3 nitrogen and oxygen atoms in total. The first-order chi connectivity index (χ1) is 8.43. The summed E-state index contributed by atoms with van der Waals surface area (Å²) in [5.41, 5.74) is 1.14. The van der Waals surface area contributed by atoms with Crippen LogP contribution in [0, 0.1) is 16.7 Å². The third-order valence-electron chi connectivity index (χ3n) is 3.48. The molecule has 1 heterocycles. The van der Waals surface area contributed by atoms with Gasteiger partial charge < -0.3 is 5.32 Å². The summed E-state index contributed by atoms with van der Waals surface area (Å²) < 4.78 is 0. The summed E-state index contributed by atoms with van der Waals surface area (Å²) in [5.74, 6) is 0. The number of rotatable bonds is 5. The molecule has 0 radical (unpaired) electrons. The maximum Gasteiger partial charge on any atom is 0.0697 e. The minimum Gasteiger partial charge on any atom is -0.312 e. The third kappa shape index (κ3) is 5.66. The number of nitriles is 1. The Morgan fingerprint density at radius 1 is 1.39 bits per heavy atom. The molecule has 0 saturated carbocycles. The van der Waals surface area contributed by atoms with E-state index in [-0.39, 0.29) is 5.41 Å². The SMILES string of the molecule is CC(C)=CCN1CCC(NCC(C)(C)C#N)CC1. The van der Waals surface area contributed by atoms with Gasteiger partial charge in [-0.2, -0.15) is 5.26 Å². The van der Waals surface area contributed by atoms with Gasteiger partial charge in [0.1, 0.15) is 0 Å². The zero-order valence-corrected chi connectivity index (χ0v) is 12.3. The Balaban J connectivity index is 2.24. The number of nitrogens with zero attached hydrogens (tertiary/aromatic N) is 2. The van der Waals surface area contributed by atoms with Crippen molar-refractivity contribution in [1.82, 2.24) is 10.2 Å². The molecule has 1 aliphatic rings. The van der Waals surface area contributed by atoms with Crippen LogP contribution in [0.3, 0.4) is 0 Å². The molecule has 0 spiro atoms. The standard InChI is InChI=1S/C15H27N3/c1-13(2)5-8-18-9-6-14(7-10-18)17-12-15(3,4)11-16/h5,14,17H,6-10,12H2,1-4H3. The average molecular weight is 249 g/mol. The van der Waals surface area contributed by atoms with Crippen LogP contribution < -0.4 is 5.32 Å². The maximum absolute atomic E-state index is 8.98. The van der Waals surface area contributed by atoms with Gasteiger partial charge in [-0.25, -0.2) is 0 Å². The second-order valence-electron chi connectivity index (χ2n) is 6.23. The predicted molar refractivity (Wildman–Crippen MR) is 76.3 cm³/mol. The first-order valence-corrected chi connectivity index (χ1v) is 6.93. The molecular weight excluding hydrogens is 222 g/mol. The second kappa shape index (κ2) is 6.92. The number of nitrogens with one attached hydrogen (secondary N) is 1. The molecule has 0 bridgehead atoms. The van der Waals surface area contributed by atoms with Crippen LogP contribution in [0.15, 0.2) is 11.6 Å². The summed E-state index contributed by atoms with van der Waals surface area (Å²) in [6.45, 7) is 12.5. The lowest BCUT2D eigenvalue weighted by Crippen LogP contribution is -2.44. The number of hydrogen-bond donors (Lipinski definition) is 1. The van der Waals surface area contributed by atoms with E-state index in [2.05, 4.69) is 36.2 Å². The van der Waals surface area contributed by atoms with E-state index in [4.69, 9.17) is 5.26 Å². The van der Waals surface area contributed by atoms with E-state index in [9.17, 15) is 0 Å². The predicted octanol–water partition coefficient (Wildman–Crippen LogP) is 2.56. The molecule has 1 rings (SSSR count). The van der Waals surface area contributed by atoms with Crippen LogP contribution in [0.1, 0.15) is 40.5 Å². The van der Waals surface area contributed by atoms with E-state index in [1.54, 1.807) is 0 Å². The highest BCUT2D eigenvalue weighted by Gasteiger charge is 2.22. The smallest absolute Gasteiger partial charge is 0.0697 e. The normalized spacial score (nSPS) is 18.4. The Hall–Kier alpha value is -0.850. The highest BCUT2D eigenvalue weighted by Crippen LogP contribution is 2.15. The molecule has 3 heteroatoms. The number of piperidine rings is 1. The van der Waals surface area contributed by atoms with Gasteiger partial charge in [-0.05, 0) is 53.6 Å².